The molecule has 0 bridgehead atoms. The summed E-state index contributed by atoms with van der Waals surface area (Å²) in [5.41, 5.74) is 4.32. The zero-order chi connectivity index (χ0) is 23.2. The van der Waals surface area contributed by atoms with Gasteiger partial charge in [-0.2, -0.15) is 5.10 Å². The average molecular weight is 428 g/mol. The van der Waals surface area contributed by atoms with Crippen LogP contribution in [-0.4, -0.2) is 38.9 Å². The van der Waals surface area contributed by atoms with Crippen LogP contribution in [0.4, 0.5) is 5.69 Å². The van der Waals surface area contributed by atoms with E-state index in [4.69, 9.17) is 14.2 Å². The van der Waals surface area contributed by atoms with Crippen molar-refractivity contribution >= 4 is 23.2 Å². The minimum Gasteiger partial charge on any atom is -0.493 e. The molecular formula is C23H29N3O5. The molecule has 0 fully saturated rings. The van der Waals surface area contributed by atoms with Gasteiger partial charge in [0.1, 0.15) is 0 Å². The van der Waals surface area contributed by atoms with Gasteiger partial charge < -0.3 is 19.5 Å². The van der Waals surface area contributed by atoms with Crippen molar-refractivity contribution in [2.24, 2.45) is 10.5 Å². The first-order valence-corrected chi connectivity index (χ1v) is 9.67. The predicted molar refractivity (Wildman–Crippen MR) is 120 cm³/mol. The number of methoxy groups -OCH3 is 3. The second kappa shape index (κ2) is 9.97. The minimum atomic E-state index is -0.506. The first-order valence-electron chi connectivity index (χ1n) is 9.67. The lowest BCUT2D eigenvalue weighted by atomic mass is 9.95. The lowest BCUT2D eigenvalue weighted by molar-refractivity contribution is -0.123. The van der Waals surface area contributed by atoms with Gasteiger partial charge in [0.05, 0.1) is 27.0 Å². The van der Waals surface area contributed by atoms with Crippen LogP contribution in [0.15, 0.2) is 41.5 Å². The van der Waals surface area contributed by atoms with Gasteiger partial charge in [-0.15, -0.1) is 0 Å². The van der Waals surface area contributed by atoms with E-state index >= 15 is 0 Å². The summed E-state index contributed by atoms with van der Waals surface area (Å²) >= 11 is 0. The first-order chi connectivity index (χ1) is 14.6. The third kappa shape index (κ3) is 5.97. The molecule has 31 heavy (non-hydrogen) atoms. The zero-order valence-electron chi connectivity index (χ0n) is 19.0. The minimum absolute atomic E-state index is 0.0880. The van der Waals surface area contributed by atoms with E-state index in [1.807, 2.05) is 32.9 Å². The molecule has 166 valence electrons. The number of benzene rings is 2. The quantitative estimate of drug-likeness (QED) is 0.517. The van der Waals surface area contributed by atoms with Crippen molar-refractivity contribution in [3.8, 4) is 17.2 Å². The first kappa shape index (κ1) is 23.7. The van der Waals surface area contributed by atoms with Crippen molar-refractivity contribution in [2.45, 2.75) is 27.7 Å². The Morgan fingerprint density at radius 2 is 1.52 bits per heavy atom. The number of hydrazone groups is 1. The molecule has 0 saturated carbocycles. The fraction of sp³-hybridized carbons (Fsp3) is 0.348. The molecule has 0 unspecified atom stereocenters. The monoisotopic (exact) mass is 427 g/mol. The normalized spacial score (nSPS) is 11.5. The Morgan fingerprint density at radius 3 is 2.03 bits per heavy atom. The van der Waals surface area contributed by atoms with E-state index in [9.17, 15) is 9.59 Å². The van der Waals surface area contributed by atoms with Crippen LogP contribution < -0.4 is 25.0 Å². The van der Waals surface area contributed by atoms with Gasteiger partial charge in [-0.25, -0.2) is 5.43 Å². The molecule has 2 rings (SSSR count). The largest absolute Gasteiger partial charge is 0.493 e. The Hall–Kier alpha value is -3.55. The molecule has 0 aliphatic carbocycles. The van der Waals surface area contributed by atoms with Crippen LogP contribution in [0, 0.1) is 5.41 Å². The maximum atomic E-state index is 12.6. The highest BCUT2D eigenvalue weighted by atomic mass is 16.5. The summed E-state index contributed by atoms with van der Waals surface area (Å²) in [6, 6.07) is 10.3. The number of ether oxygens (including phenoxy) is 3. The van der Waals surface area contributed by atoms with E-state index in [1.54, 1.807) is 31.2 Å². The standard InChI is InChI=1S/C23H29N3O5/c1-14(15-9-8-10-17(11-15)24-22(28)23(2,3)4)25-26-21(27)16-12-18(29-5)20(31-7)19(13-16)30-6/h8-13H,1-7H3,(H,24,28)(H,26,27)/b25-14+. The Bertz CT molecular complexity index is 968. The van der Waals surface area contributed by atoms with E-state index in [0.29, 0.717) is 34.2 Å². The summed E-state index contributed by atoms with van der Waals surface area (Å²) in [6.07, 6.45) is 0. The molecule has 8 nitrogen and oxygen atoms in total. The molecule has 2 N–H and O–H groups in total. The summed E-state index contributed by atoms with van der Waals surface area (Å²) < 4.78 is 15.8. The smallest absolute Gasteiger partial charge is 0.271 e. The third-order valence-corrected chi connectivity index (χ3v) is 4.47. The van der Waals surface area contributed by atoms with Gasteiger partial charge in [-0.1, -0.05) is 32.9 Å². The van der Waals surface area contributed by atoms with Gasteiger partial charge in [0.2, 0.25) is 11.7 Å². The van der Waals surface area contributed by atoms with Gasteiger partial charge in [-0.05, 0) is 36.8 Å². The molecule has 2 aromatic rings. The highest BCUT2D eigenvalue weighted by Crippen LogP contribution is 2.38. The van der Waals surface area contributed by atoms with Crippen molar-refractivity contribution in [2.75, 3.05) is 26.6 Å². The predicted octanol–water partition coefficient (Wildman–Crippen LogP) is 3.85. The highest BCUT2D eigenvalue weighted by Gasteiger charge is 2.21. The molecule has 0 aliphatic rings. The number of amides is 2. The van der Waals surface area contributed by atoms with E-state index in [0.717, 1.165) is 5.56 Å². The van der Waals surface area contributed by atoms with Crippen LogP contribution in [0.2, 0.25) is 0 Å². The van der Waals surface area contributed by atoms with Gasteiger partial charge in [-0.3, -0.25) is 9.59 Å². The number of anilines is 1. The molecule has 8 heteroatoms. The van der Waals surface area contributed by atoms with Gasteiger partial charge in [0.15, 0.2) is 11.5 Å². The maximum Gasteiger partial charge on any atom is 0.271 e. The third-order valence-electron chi connectivity index (χ3n) is 4.47. The Kier molecular flexibility index (Phi) is 7.63. The molecule has 0 aromatic heterocycles. The van der Waals surface area contributed by atoms with Crippen molar-refractivity contribution < 1.29 is 23.8 Å². The summed E-state index contributed by atoms with van der Waals surface area (Å²) in [7, 11) is 4.45. The molecule has 0 aliphatic heterocycles. The number of nitrogens with one attached hydrogen (secondary N) is 2. The van der Waals surface area contributed by atoms with Crippen LogP contribution in [0.1, 0.15) is 43.6 Å². The Morgan fingerprint density at radius 1 is 0.903 bits per heavy atom. The molecule has 0 spiro atoms. The molecule has 0 atom stereocenters. The number of carbonyl (C=O) groups is 2. The summed E-state index contributed by atoms with van der Waals surface area (Å²) in [6.45, 7) is 7.30. The Balaban J connectivity index is 2.20. The van der Waals surface area contributed by atoms with E-state index in [1.165, 1.54) is 21.3 Å². The van der Waals surface area contributed by atoms with E-state index in [-0.39, 0.29) is 5.91 Å². The number of rotatable bonds is 7. The van der Waals surface area contributed by atoms with Crippen LogP contribution in [-0.2, 0) is 4.79 Å². The van der Waals surface area contributed by atoms with Crippen molar-refractivity contribution in [3.63, 3.8) is 0 Å². The number of hydrogen-bond donors (Lipinski definition) is 2. The second-order valence-corrected chi connectivity index (χ2v) is 7.84. The maximum absolute atomic E-state index is 12.6. The molecule has 0 heterocycles. The van der Waals surface area contributed by atoms with Crippen LogP contribution in [0.25, 0.3) is 0 Å². The SMILES string of the molecule is COc1cc(C(=O)N/N=C(\C)c2cccc(NC(=O)C(C)(C)C)c2)cc(OC)c1OC. The topological polar surface area (TPSA) is 98.2 Å². The number of nitrogens with zero attached hydrogens (tertiary/aromatic N) is 1. The fourth-order valence-corrected chi connectivity index (χ4v) is 2.62. The second-order valence-electron chi connectivity index (χ2n) is 7.84. The van der Waals surface area contributed by atoms with Gasteiger partial charge in [0.25, 0.3) is 5.91 Å². The molecule has 0 saturated heterocycles. The molecule has 0 radical (unpaired) electrons. The molecule has 2 aromatic carbocycles. The van der Waals surface area contributed by atoms with E-state index in [2.05, 4.69) is 15.8 Å². The molecular weight excluding hydrogens is 398 g/mol. The van der Waals surface area contributed by atoms with Crippen molar-refractivity contribution in [1.82, 2.24) is 5.43 Å². The van der Waals surface area contributed by atoms with Crippen LogP contribution >= 0.6 is 0 Å². The lowest BCUT2D eigenvalue weighted by Gasteiger charge is -2.18. The Labute approximate surface area is 182 Å². The molecule has 2 amide bonds. The van der Waals surface area contributed by atoms with Crippen LogP contribution in [0.3, 0.4) is 0 Å². The fourth-order valence-electron chi connectivity index (χ4n) is 2.62. The average Bonchev–Trinajstić information content (AvgIpc) is 2.75. The highest BCUT2D eigenvalue weighted by molar-refractivity contribution is 6.02. The van der Waals surface area contributed by atoms with E-state index < -0.39 is 11.3 Å². The van der Waals surface area contributed by atoms with Crippen molar-refractivity contribution in [3.05, 3.63) is 47.5 Å². The lowest BCUT2D eigenvalue weighted by Crippen LogP contribution is -2.27. The summed E-state index contributed by atoms with van der Waals surface area (Å²) in [5, 5.41) is 7.07. The van der Waals surface area contributed by atoms with Crippen molar-refractivity contribution in [1.29, 1.82) is 0 Å². The number of carbonyl (C=O) groups excluding carboxylic acids is 2. The van der Waals surface area contributed by atoms with Crippen LogP contribution in [0.5, 0.6) is 17.2 Å². The number of hydrogen-bond acceptors (Lipinski definition) is 6. The summed E-state index contributed by atoms with van der Waals surface area (Å²) in [4.78, 5) is 24.8. The summed E-state index contributed by atoms with van der Waals surface area (Å²) in [5.74, 6) is 0.617. The zero-order valence-corrected chi connectivity index (χ0v) is 19.0. The van der Waals surface area contributed by atoms with Gasteiger partial charge in [0, 0.05) is 16.7 Å². The van der Waals surface area contributed by atoms with Gasteiger partial charge >= 0.3 is 0 Å².